The lowest BCUT2D eigenvalue weighted by Gasteiger charge is -2.23. The number of allylic oxidation sites excluding steroid dienone is 1. The van der Waals surface area contributed by atoms with Crippen LogP contribution < -0.4 is 5.32 Å². The summed E-state index contributed by atoms with van der Waals surface area (Å²) >= 11 is 0. The van der Waals surface area contributed by atoms with Crippen LogP contribution in [0.1, 0.15) is 51.9 Å². The highest BCUT2D eigenvalue weighted by Gasteiger charge is 2.23. The molecule has 19 heavy (non-hydrogen) atoms. The number of unbranched alkanes of at least 4 members (excludes halogenated alkanes) is 1. The lowest BCUT2D eigenvalue weighted by atomic mass is 9.82. The number of Topliss-reactive ketones (excluding diaryl/α,β-unsaturated/α-hetero) is 1. The number of carbonyl (C=O) groups is 1. The fourth-order valence-corrected chi connectivity index (χ4v) is 2.67. The van der Waals surface area contributed by atoms with Gasteiger partial charge in [-0.2, -0.15) is 0 Å². The Labute approximate surface area is 118 Å². The van der Waals surface area contributed by atoms with E-state index >= 15 is 0 Å². The molecule has 0 radical (unpaired) electrons. The van der Waals surface area contributed by atoms with E-state index in [9.17, 15) is 4.79 Å². The summed E-state index contributed by atoms with van der Waals surface area (Å²) < 4.78 is 0. The Hall–Kier alpha value is -0.830. The van der Waals surface area contributed by atoms with Gasteiger partial charge < -0.3 is 10.2 Å². The van der Waals surface area contributed by atoms with Crippen molar-refractivity contribution in [1.29, 1.82) is 0 Å². The summed E-state index contributed by atoms with van der Waals surface area (Å²) in [5.41, 5.74) is 1.02. The molecule has 0 aromatic carbocycles. The summed E-state index contributed by atoms with van der Waals surface area (Å²) in [5, 5.41) is 3.43. The summed E-state index contributed by atoms with van der Waals surface area (Å²) in [6.07, 6.45) is 9.83. The molecule has 1 rings (SSSR count). The molecule has 0 aromatic rings. The fraction of sp³-hybridized carbons (Fsp3) is 0.812. The van der Waals surface area contributed by atoms with Gasteiger partial charge in [-0.1, -0.05) is 13.3 Å². The van der Waals surface area contributed by atoms with E-state index in [0.29, 0.717) is 11.7 Å². The molecule has 0 amide bonds. The first kappa shape index (κ1) is 16.2. The third kappa shape index (κ3) is 6.76. The summed E-state index contributed by atoms with van der Waals surface area (Å²) in [4.78, 5) is 14.0. The second-order valence-electron chi connectivity index (χ2n) is 5.90. The summed E-state index contributed by atoms with van der Waals surface area (Å²) in [6.45, 7) is 4.44. The van der Waals surface area contributed by atoms with Gasteiger partial charge in [-0.05, 0) is 51.1 Å². The van der Waals surface area contributed by atoms with Crippen LogP contribution in [0.3, 0.4) is 0 Å². The Kier molecular flexibility index (Phi) is 7.80. The highest BCUT2D eigenvalue weighted by molar-refractivity contribution is 5.96. The molecule has 0 saturated heterocycles. The maximum absolute atomic E-state index is 12.0. The third-order valence-corrected chi connectivity index (χ3v) is 3.71. The number of nitrogens with zero attached hydrogens (tertiary/aromatic N) is 1. The van der Waals surface area contributed by atoms with E-state index in [0.717, 1.165) is 31.5 Å². The van der Waals surface area contributed by atoms with Crippen molar-refractivity contribution in [3.8, 4) is 0 Å². The predicted molar refractivity (Wildman–Crippen MR) is 81.1 cm³/mol. The monoisotopic (exact) mass is 266 g/mol. The lowest BCUT2D eigenvalue weighted by molar-refractivity contribution is -0.117. The first-order valence-electron chi connectivity index (χ1n) is 7.74. The zero-order valence-corrected chi connectivity index (χ0v) is 12.9. The largest absolute Gasteiger partial charge is 0.383 e. The quantitative estimate of drug-likeness (QED) is 0.541. The van der Waals surface area contributed by atoms with Gasteiger partial charge in [0.1, 0.15) is 0 Å². The van der Waals surface area contributed by atoms with Crippen LogP contribution in [0.15, 0.2) is 11.8 Å². The van der Waals surface area contributed by atoms with Crippen LogP contribution in [0.2, 0.25) is 0 Å². The van der Waals surface area contributed by atoms with E-state index in [-0.39, 0.29) is 0 Å². The molecule has 0 bridgehead atoms. The molecule has 1 aliphatic carbocycles. The summed E-state index contributed by atoms with van der Waals surface area (Å²) in [7, 11) is 3.96. The zero-order valence-electron chi connectivity index (χ0n) is 12.9. The second kappa shape index (κ2) is 9.13. The van der Waals surface area contributed by atoms with E-state index < -0.39 is 0 Å². The third-order valence-electron chi connectivity index (χ3n) is 3.71. The molecule has 1 fully saturated rings. The second-order valence-corrected chi connectivity index (χ2v) is 5.90. The van der Waals surface area contributed by atoms with Gasteiger partial charge >= 0.3 is 0 Å². The van der Waals surface area contributed by atoms with Crippen LogP contribution in [0, 0.1) is 5.92 Å². The van der Waals surface area contributed by atoms with Gasteiger partial charge in [0.2, 0.25) is 0 Å². The maximum atomic E-state index is 12.0. The van der Waals surface area contributed by atoms with Crippen LogP contribution in [0.5, 0.6) is 0 Å². The Morgan fingerprint density at radius 2 is 2.11 bits per heavy atom. The van der Waals surface area contributed by atoms with E-state index in [2.05, 4.69) is 12.2 Å². The van der Waals surface area contributed by atoms with E-state index in [1.54, 1.807) is 0 Å². The number of hydrogen-bond acceptors (Lipinski definition) is 3. The van der Waals surface area contributed by atoms with E-state index in [4.69, 9.17) is 0 Å². The molecular weight excluding hydrogens is 236 g/mol. The minimum absolute atomic E-state index is 0.369. The molecule has 0 aromatic heterocycles. The topological polar surface area (TPSA) is 32.3 Å². The summed E-state index contributed by atoms with van der Waals surface area (Å²) in [5.74, 6) is 0.993. The number of ketones is 1. The van der Waals surface area contributed by atoms with E-state index in [1.807, 2.05) is 25.2 Å². The highest BCUT2D eigenvalue weighted by atomic mass is 16.1. The normalized spacial score (nSPS) is 21.9. The number of rotatable bonds is 8. The number of carbonyl (C=O) groups excluding carboxylic acids is 1. The standard InChI is InChI=1S/C16H30N2O/c1-4-10-17-11-6-5-7-14-8-9-15(13-18(2)3)16(19)12-14/h13-14,17H,4-12H2,1-3H3/b15-13+. The fourth-order valence-electron chi connectivity index (χ4n) is 2.67. The Morgan fingerprint density at radius 3 is 2.74 bits per heavy atom. The molecule has 110 valence electrons. The minimum atomic E-state index is 0.369. The molecule has 0 heterocycles. The van der Waals surface area contributed by atoms with Crippen LogP contribution in [0.4, 0.5) is 0 Å². The van der Waals surface area contributed by atoms with Gasteiger partial charge in [-0.3, -0.25) is 4.79 Å². The molecule has 0 spiro atoms. The summed E-state index contributed by atoms with van der Waals surface area (Å²) in [6, 6.07) is 0. The lowest BCUT2D eigenvalue weighted by Crippen LogP contribution is -2.20. The molecule has 0 aliphatic heterocycles. The first-order chi connectivity index (χ1) is 9.13. The average molecular weight is 266 g/mol. The van der Waals surface area contributed by atoms with Gasteiger partial charge in [0.05, 0.1) is 0 Å². The molecule has 1 unspecified atom stereocenters. The Bertz CT molecular complexity index is 297. The molecule has 1 atom stereocenters. The molecule has 1 N–H and O–H groups in total. The van der Waals surface area contributed by atoms with Crippen molar-refractivity contribution in [3.63, 3.8) is 0 Å². The van der Waals surface area contributed by atoms with Crippen molar-refractivity contribution >= 4 is 5.78 Å². The van der Waals surface area contributed by atoms with Crippen molar-refractivity contribution in [2.24, 2.45) is 5.92 Å². The van der Waals surface area contributed by atoms with Gasteiger partial charge in [0, 0.05) is 32.3 Å². The van der Waals surface area contributed by atoms with Crippen LogP contribution in [-0.2, 0) is 4.79 Å². The number of nitrogens with one attached hydrogen (secondary N) is 1. The van der Waals surface area contributed by atoms with Crippen molar-refractivity contribution in [2.75, 3.05) is 27.2 Å². The SMILES string of the molecule is CCCNCCCCC1CC/C(=C\N(C)C)C(=O)C1. The number of hydrogen-bond donors (Lipinski definition) is 1. The van der Waals surface area contributed by atoms with Gasteiger partial charge in [-0.25, -0.2) is 0 Å². The van der Waals surface area contributed by atoms with Crippen LogP contribution in [-0.4, -0.2) is 37.9 Å². The Balaban J connectivity index is 2.16. The first-order valence-corrected chi connectivity index (χ1v) is 7.74. The van der Waals surface area contributed by atoms with Crippen molar-refractivity contribution in [3.05, 3.63) is 11.8 Å². The Morgan fingerprint density at radius 1 is 1.32 bits per heavy atom. The van der Waals surface area contributed by atoms with Crippen molar-refractivity contribution in [1.82, 2.24) is 10.2 Å². The predicted octanol–water partition coefficient (Wildman–Crippen LogP) is 2.97. The molecular formula is C16H30N2O. The zero-order chi connectivity index (χ0) is 14.1. The average Bonchev–Trinajstić information content (AvgIpc) is 2.36. The molecule has 1 saturated carbocycles. The minimum Gasteiger partial charge on any atom is -0.383 e. The highest BCUT2D eigenvalue weighted by Crippen LogP contribution is 2.29. The van der Waals surface area contributed by atoms with Crippen LogP contribution >= 0.6 is 0 Å². The van der Waals surface area contributed by atoms with Crippen molar-refractivity contribution < 1.29 is 4.79 Å². The smallest absolute Gasteiger partial charge is 0.160 e. The van der Waals surface area contributed by atoms with Gasteiger partial charge in [0.25, 0.3) is 0 Å². The molecule has 1 aliphatic rings. The molecule has 3 nitrogen and oxygen atoms in total. The van der Waals surface area contributed by atoms with Crippen LogP contribution in [0.25, 0.3) is 0 Å². The molecule has 3 heteroatoms. The van der Waals surface area contributed by atoms with Gasteiger partial charge in [-0.15, -0.1) is 0 Å². The van der Waals surface area contributed by atoms with Gasteiger partial charge in [0.15, 0.2) is 5.78 Å². The maximum Gasteiger partial charge on any atom is 0.160 e. The van der Waals surface area contributed by atoms with E-state index in [1.165, 1.54) is 32.1 Å². The van der Waals surface area contributed by atoms with Crippen molar-refractivity contribution in [2.45, 2.75) is 51.9 Å².